The van der Waals surface area contributed by atoms with Gasteiger partial charge >= 0.3 is 18.9 Å². The van der Waals surface area contributed by atoms with Crippen molar-refractivity contribution in [3.05, 3.63) is 23.8 Å². The van der Waals surface area contributed by atoms with Gasteiger partial charge in [0.2, 0.25) is 0 Å². The van der Waals surface area contributed by atoms with Crippen molar-refractivity contribution in [3.63, 3.8) is 0 Å². The molecule has 0 saturated heterocycles. The first-order valence-corrected chi connectivity index (χ1v) is 5.61. The Bertz CT molecular complexity index is 487. The number of hydrogen-bond acceptors (Lipinski definition) is 4. The highest BCUT2D eigenvalue weighted by Gasteiger charge is 2.31. The van der Waals surface area contributed by atoms with E-state index in [9.17, 15) is 26.7 Å². The Morgan fingerprint density at radius 2 is 1.81 bits per heavy atom. The lowest BCUT2D eigenvalue weighted by Gasteiger charge is -2.13. The summed E-state index contributed by atoms with van der Waals surface area (Å²) in [7, 11) is 1.15. The Hall–Kier alpha value is -2.06. The molecule has 0 amide bonds. The molecule has 9 heteroatoms. The summed E-state index contributed by atoms with van der Waals surface area (Å²) in [4.78, 5) is 11.0. The Kier molecular flexibility index (Phi) is 5.74. The van der Waals surface area contributed by atoms with E-state index in [-0.39, 0.29) is 18.4 Å². The molecule has 0 aliphatic carbocycles. The zero-order chi connectivity index (χ0) is 16.0. The first-order valence-electron chi connectivity index (χ1n) is 5.61. The highest BCUT2D eigenvalue weighted by Crippen LogP contribution is 2.29. The lowest BCUT2D eigenvalue weighted by Crippen LogP contribution is -2.17. The normalized spacial score (nSPS) is 11.4. The third-order valence-electron chi connectivity index (χ3n) is 2.24. The van der Waals surface area contributed by atoms with Gasteiger partial charge in [-0.05, 0) is 24.1 Å². The number of methoxy groups -OCH3 is 1. The van der Waals surface area contributed by atoms with E-state index < -0.39 is 30.4 Å². The molecule has 0 aliphatic rings. The standard InChI is InChI=1S/C12H11F5O4/c1-19-10(18)3-2-7-4-8(20-11(13)14)6-9(5-7)21-12(15,16)17/h4-6,11H,2-3H2,1H3. The van der Waals surface area contributed by atoms with Crippen LogP contribution in [0.2, 0.25) is 0 Å². The van der Waals surface area contributed by atoms with Crippen LogP contribution in [0, 0.1) is 0 Å². The molecule has 21 heavy (non-hydrogen) atoms. The Balaban J connectivity index is 2.94. The smallest absolute Gasteiger partial charge is 0.469 e. The average Bonchev–Trinajstić information content (AvgIpc) is 2.32. The molecule has 1 aromatic carbocycles. The quantitative estimate of drug-likeness (QED) is 0.597. The van der Waals surface area contributed by atoms with Crippen LogP contribution >= 0.6 is 0 Å². The SMILES string of the molecule is COC(=O)CCc1cc(OC(F)F)cc(OC(F)(F)F)c1. The zero-order valence-electron chi connectivity index (χ0n) is 10.7. The molecule has 0 fully saturated rings. The molecule has 1 rings (SSSR count). The minimum Gasteiger partial charge on any atom is -0.469 e. The van der Waals surface area contributed by atoms with E-state index in [1.54, 1.807) is 0 Å². The number of rotatable bonds is 6. The summed E-state index contributed by atoms with van der Waals surface area (Å²) in [5, 5.41) is 0. The monoisotopic (exact) mass is 314 g/mol. The second kappa shape index (κ2) is 7.09. The molecular formula is C12H11F5O4. The third-order valence-corrected chi connectivity index (χ3v) is 2.24. The molecule has 0 bridgehead atoms. The molecule has 0 N–H and O–H groups in total. The van der Waals surface area contributed by atoms with Gasteiger partial charge in [0, 0.05) is 12.5 Å². The van der Waals surface area contributed by atoms with Crippen LogP contribution in [-0.2, 0) is 16.0 Å². The molecule has 0 radical (unpaired) electrons. The van der Waals surface area contributed by atoms with E-state index in [0.717, 1.165) is 19.2 Å². The van der Waals surface area contributed by atoms with Crippen molar-refractivity contribution >= 4 is 5.97 Å². The van der Waals surface area contributed by atoms with Gasteiger partial charge in [0.15, 0.2) is 0 Å². The number of benzene rings is 1. The summed E-state index contributed by atoms with van der Waals surface area (Å²) < 4.78 is 72.8. The minimum atomic E-state index is -4.97. The average molecular weight is 314 g/mol. The fourth-order valence-electron chi connectivity index (χ4n) is 1.49. The molecule has 0 unspecified atom stereocenters. The number of hydrogen-bond donors (Lipinski definition) is 0. The minimum absolute atomic E-state index is 0.0126. The summed E-state index contributed by atoms with van der Waals surface area (Å²) in [6.45, 7) is -3.19. The van der Waals surface area contributed by atoms with Crippen LogP contribution < -0.4 is 9.47 Å². The molecule has 1 aromatic rings. The highest BCUT2D eigenvalue weighted by atomic mass is 19.4. The van der Waals surface area contributed by atoms with Crippen LogP contribution in [0.1, 0.15) is 12.0 Å². The van der Waals surface area contributed by atoms with Crippen molar-refractivity contribution in [2.75, 3.05) is 7.11 Å². The number of halogens is 5. The fraction of sp³-hybridized carbons (Fsp3) is 0.417. The summed E-state index contributed by atoms with van der Waals surface area (Å²) >= 11 is 0. The molecule has 0 heterocycles. The summed E-state index contributed by atoms with van der Waals surface area (Å²) in [6.07, 6.45) is -5.11. The Morgan fingerprint density at radius 3 is 2.33 bits per heavy atom. The lowest BCUT2D eigenvalue weighted by atomic mass is 10.1. The second-order valence-corrected chi connectivity index (χ2v) is 3.82. The van der Waals surface area contributed by atoms with E-state index in [4.69, 9.17) is 0 Å². The third kappa shape index (κ3) is 6.77. The van der Waals surface area contributed by atoms with Gasteiger partial charge in [-0.3, -0.25) is 4.79 Å². The van der Waals surface area contributed by atoms with Crippen LogP contribution in [0.25, 0.3) is 0 Å². The predicted octanol–water partition coefficient (Wildman–Crippen LogP) is 3.29. The molecular weight excluding hydrogens is 303 g/mol. The molecule has 0 atom stereocenters. The van der Waals surface area contributed by atoms with Crippen LogP contribution in [0.15, 0.2) is 18.2 Å². The van der Waals surface area contributed by atoms with Gasteiger partial charge < -0.3 is 14.2 Å². The molecule has 0 aliphatic heterocycles. The van der Waals surface area contributed by atoms with Gasteiger partial charge in [0.1, 0.15) is 11.5 Å². The number of carbonyl (C=O) groups is 1. The van der Waals surface area contributed by atoms with E-state index in [1.165, 1.54) is 0 Å². The van der Waals surface area contributed by atoms with Gasteiger partial charge in [-0.25, -0.2) is 0 Å². The maximum Gasteiger partial charge on any atom is 0.573 e. The van der Waals surface area contributed by atoms with Crippen molar-refractivity contribution in [1.29, 1.82) is 0 Å². The van der Waals surface area contributed by atoms with Crippen molar-refractivity contribution < 1.29 is 41.0 Å². The van der Waals surface area contributed by atoms with E-state index in [2.05, 4.69) is 14.2 Å². The first-order chi connectivity index (χ1) is 9.69. The fourth-order valence-corrected chi connectivity index (χ4v) is 1.49. The molecule has 0 saturated carbocycles. The number of ether oxygens (including phenoxy) is 3. The molecule has 0 spiro atoms. The maximum absolute atomic E-state index is 12.2. The van der Waals surface area contributed by atoms with E-state index in [0.29, 0.717) is 6.07 Å². The second-order valence-electron chi connectivity index (χ2n) is 3.82. The van der Waals surface area contributed by atoms with Crippen LogP contribution in [0.4, 0.5) is 22.0 Å². The highest BCUT2D eigenvalue weighted by molar-refractivity contribution is 5.69. The van der Waals surface area contributed by atoms with Crippen molar-refractivity contribution in [3.8, 4) is 11.5 Å². The predicted molar refractivity (Wildman–Crippen MR) is 60.1 cm³/mol. The van der Waals surface area contributed by atoms with Crippen molar-refractivity contribution in [1.82, 2.24) is 0 Å². The maximum atomic E-state index is 12.2. The van der Waals surface area contributed by atoms with Gasteiger partial charge in [0.05, 0.1) is 7.11 Å². The van der Waals surface area contributed by atoms with Gasteiger partial charge in [0.25, 0.3) is 0 Å². The number of alkyl halides is 5. The summed E-state index contributed by atoms with van der Waals surface area (Å²) in [5.41, 5.74) is 0.165. The summed E-state index contributed by atoms with van der Waals surface area (Å²) in [5.74, 6) is -1.79. The topological polar surface area (TPSA) is 44.8 Å². The van der Waals surface area contributed by atoms with Gasteiger partial charge in [-0.15, -0.1) is 13.2 Å². The largest absolute Gasteiger partial charge is 0.573 e. The number of aryl methyl sites for hydroxylation is 1. The van der Waals surface area contributed by atoms with Crippen molar-refractivity contribution in [2.24, 2.45) is 0 Å². The van der Waals surface area contributed by atoms with Gasteiger partial charge in [-0.2, -0.15) is 8.78 Å². The molecule has 118 valence electrons. The Labute approximate surface area is 116 Å². The summed E-state index contributed by atoms with van der Waals surface area (Å²) in [6, 6.07) is 2.76. The number of carbonyl (C=O) groups excluding carboxylic acids is 1. The van der Waals surface area contributed by atoms with Gasteiger partial charge in [-0.1, -0.05) is 0 Å². The molecule has 0 aromatic heterocycles. The molecule has 4 nitrogen and oxygen atoms in total. The van der Waals surface area contributed by atoms with Crippen LogP contribution in [0.3, 0.4) is 0 Å². The van der Waals surface area contributed by atoms with E-state index >= 15 is 0 Å². The Morgan fingerprint density at radius 1 is 1.19 bits per heavy atom. The first kappa shape index (κ1) is 17.0. The zero-order valence-corrected chi connectivity index (χ0v) is 10.7. The lowest BCUT2D eigenvalue weighted by molar-refractivity contribution is -0.274. The van der Waals surface area contributed by atoms with E-state index in [1.807, 2.05) is 0 Å². The van der Waals surface area contributed by atoms with Crippen molar-refractivity contribution in [2.45, 2.75) is 25.8 Å². The van der Waals surface area contributed by atoms with Crippen LogP contribution in [0.5, 0.6) is 11.5 Å². The van der Waals surface area contributed by atoms with Crippen LogP contribution in [-0.4, -0.2) is 26.1 Å². The number of esters is 1.